The average Bonchev–Trinajstić information content (AvgIpc) is 2.36. The van der Waals surface area contributed by atoms with Gasteiger partial charge >= 0.3 is 7.60 Å². The normalized spacial score (nSPS) is 15.0. The Morgan fingerprint density at radius 3 is 1.67 bits per heavy atom. The number of nitrogens with zero attached hydrogens (tertiary/aromatic N) is 2. The van der Waals surface area contributed by atoms with Gasteiger partial charge in [-0.2, -0.15) is 0 Å². The summed E-state index contributed by atoms with van der Waals surface area (Å²) < 4.78 is 11.1. The fourth-order valence-corrected chi connectivity index (χ4v) is 2.99. The quantitative estimate of drug-likeness (QED) is 0.365. The molecule has 0 rings (SSSR count). The Labute approximate surface area is 124 Å². The van der Waals surface area contributed by atoms with Gasteiger partial charge in [0.05, 0.1) is 19.6 Å². The molecule has 9 heteroatoms. The van der Waals surface area contributed by atoms with Crippen LogP contribution in [-0.4, -0.2) is 76.4 Å². The number of hydrogen-bond acceptors (Lipinski definition) is 6. The Bertz CT molecular complexity index is 376. The fourth-order valence-electron chi connectivity index (χ4n) is 2.13. The van der Waals surface area contributed by atoms with Crippen LogP contribution in [0.2, 0.25) is 0 Å². The van der Waals surface area contributed by atoms with E-state index in [2.05, 4.69) is 0 Å². The van der Waals surface area contributed by atoms with E-state index in [1.807, 2.05) is 6.92 Å². The van der Waals surface area contributed by atoms with Crippen molar-refractivity contribution < 1.29 is 28.7 Å². The lowest BCUT2D eigenvalue weighted by Crippen LogP contribution is -2.43. The molecule has 2 atom stereocenters. The zero-order valence-corrected chi connectivity index (χ0v) is 13.2. The van der Waals surface area contributed by atoms with Gasteiger partial charge in [-0.3, -0.25) is 14.4 Å². The first-order chi connectivity index (χ1) is 9.75. The second kappa shape index (κ2) is 9.92. The molecule has 0 aliphatic rings. The van der Waals surface area contributed by atoms with Crippen LogP contribution in [0.3, 0.4) is 0 Å². The molecule has 0 amide bonds. The third kappa shape index (κ3) is 8.85. The van der Waals surface area contributed by atoms with Crippen LogP contribution >= 0.6 is 7.60 Å². The van der Waals surface area contributed by atoms with Crippen molar-refractivity contribution in [3.8, 4) is 0 Å². The molecular weight excluding hydrogens is 299 g/mol. The molecular formula is C12H23N2O6P. The van der Waals surface area contributed by atoms with Crippen molar-refractivity contribution in [1.82, 2.24) is 9.80 Å². The molecule has 0 radical (unpaired) electrons. The van der Waals surface area contributed by atoms with Gasteiger partial charge in [0.2, 0.25) is 0 Å². The lowest BCUT2D eigenvalue weighted by atomic mass is 10.1. The van der Waals surface area contributed by atoms with Gasteiger partial charge < -0.3 is 24.2 Å². The highest BCUT2D eigenvalue weighted by molar-refractivity contribution is 7.51. The van der Waals surface area contributed by atoms with E-state index in [-0.39, 0.29) is 31.7 Å². The highest BCUT2D eigenvalue weighted by atomic mass is 31.2. The van der Waals surface area contributed by atoms with Crippen LogP contribution in [0.1, 0.15) is 20.3 Å². The summed E-state index contributed by atoms with van der Waals surface area (Å²) >= 11 is 0. The van der Waals surface area contributed by atoms with Gasteiger partial charge in [0.1, 0.15) is 25.1 Å². The second-order valence-electron chi connectivity index (χ2n) is 4.97. The number of hydrogen-bond donors (Lipinski definition) is 2. The predicted molar refractivity (Wildman–Crippen MR) is 76.9 cm³/mol. The van der Waals surface area contributed by atoms with E-state index in [1.165, 1.54) is 4.90 Å². The molecule has 0 aromatic heterocycles. The van der Waals surface area contributed by atoms with Crippen molar-refractivity contribution >= 4 is 26.5 Å². The van der Waals surface area contributed by atoms with Crippen LogP contribution < -0.4 is 0 Å². The Morgan fingerprint density at radius 2 is 1.29 bits per heavy atom. The molecule has 2 N–H and O–H groups in total. The molecule has 0 aromatic rings. The first-order valence-electron chi connectivity index (χ1n) is 6.58. The summed E-state index contributed by atoms with van der Waals surface area (Å²) in [6.45, 7) is 3.70. The molecule has 0 saturated heterocycles. The van der Waals surface area contributed by atoms with Gasteiger partial charge in [-0.1, -0.05) is 0 Å². The third-order valence-electron chi connectivity index (χ3n) is 3.22. The van der Waals surface area contributed by atoms with Gasteiger partial charge in [-0.15, -0.1) is 0 Å². The highest BCUT2D eigenvalue weighted by Gasteiger charge is 2.25. The summed E-state index contributed by atoms with van der Waals surface area (Å²) in [6.07, 6.45) is 1.95. The SMILES string of the molecule is CC(CC(C)N(CC=O)CP(=O)(O)O)N(CC=O)CC=O. The standard InChI is InChI=1S/C12H23N2O6P/c1-11(13(3-6-15)4-7-16)9-12(2)14(5-8-17)10-21(18,19)20/h6-8,11-12H,3-5,9-10H2,1-2H3,(H2,18,19,20). The number of carbonyl (C=O) groups is 3. The maximum Gasteiger partial charge on any atom is 0.339 e. The molecule has 0 aliphatic carbocycles. The van der Waals surface area contributed by atoms with E-state index in [1.54, 1.807) is 11.8 Å². The molecule has 21 heavy (non-hydrogen) atoms. The van der Waals surface area contributed by atoms with Crippen molar-refractivity contribution in [1.29, 1.82) is 0 Å². The predicted octanol–water partition coefficient (Wildman–Crippen LogP) is -0.511. The summed E-state index contributed by atoms with van der Waals surface area (Å²) in [5.74, 6) is 0. The van der Waals surface area contributed by atoms with Crippen LogP contribution in [-0.2, 0) is 18.9 Å². The van der Waals surface area contributed by atoms with Crippen LogP contribution in [0, 0.1) is 0 Å². The van der Waals surface area contributed by atoms with Gasteiger partial charge in [-0.25, -0.2) is 0 Å². The average molecular weight is 322 g/mol. The molecule has 0 saturated carbocycles. The highest BCUT2D eigenvalue weighted by Crippen LogP contribution is 2.36. The van der Waals surface area contributed by atoms with E-state index in [0.717, 1.165) is 0 Å². The molecule has 2 unspecified atom stereocenters. The van der Waals surface area contributed by atoms with Gasteiger partial charge in [0, 0.05) is 12.1 Å². The van der Waals surface area contributed by atoms with Crippen LogP contribution in [0.15, 0.2) is 0 Å². The smallest absolute Gasteiger partial charge is 0.324 e. The second-order valence-corrected chi connectivity index (χ2v) is 6.58. The molecule has 0 aromatic carbocycles. The number of rotatable bonds is 12. The van der Waals surface area contributed by atoms with E-state index < -0.39 is 13.9 Å². The molecule has 8 nitrogen and oxygen atoms in total. The van der Waals surface area contributed by atoms with Crippen molar-refractivity contribution in [2.45, 2.75) is 32.4 Å². The van der Waals surface area contributed by atoms with Gasteiger partial charge in [-0.05, 0) is 20.3 Å². The minimum Gasteiger partial charge on any atom is -0.324 e. The number of carbonyl (C=O) groups excluding carboxylic acids is 3. The Balaban J connectivity index is 4.73. The van der Waals surface area contributed by atoms with Crippen molar-refractivity contribution in [2.24, 2.45) is 0 Å². The molecule has 0 fully saturated rings. The monoisotopic (exact) mass is 322 g/mol. The summed E-state index contributed by atoms with van der Waals surface area (Å²) in [6, 6.07) is -0.417. The van der Waals surface area contributed by atoms with Crippen molar-refractivity contribution in [3.63, 3.8) is 0 Å². The molecule has 122 valence electrons. The maximum absolute atomic E-state index is 11.1. The summed E-state index contributed by atoms with van der Waals surface area (Å²) in [7, 11) is -4.26. The van der Waals surface area contributed by atoms with Crippen molar-refractivity contribution in [3.05, 3.63) is 0 Å². The maximum atomic E-state index is 11.1. The Morgan fingerprint density at radius 1 is 0.905 bits per heavy atom. The molecule has 0 bridgehead atoms. The molecule has 0 aliphatic heterocycles. The van der Waals surface area contributed by atoms with Crippen LogP contribution in [0.4, 0.5) is 0 Å². The van der Waals surface area contributed by atoms with Gasteiger partial charge in [0.25, 0.3) is 0 Å². The minimum absolute atomic E-state index is 0.0830. The molecule has 0 heterocycles. The lowest BCUT2D eigenvalue weighted by Gasteiger charge is -2.32. The van der Waals surface area contributed by atoms with Crippen molar-refractivity contribution in [2.75, 3.05) is 25.9 Å². The first kappa shape index (κ1) is 20.1. The van der Waals surface area contributed by atoms with E-state index >= 15 is 0 Å². The fraction of sp³-hybridized carbons (Fsp3) is 0.750. The van der Waals surface area contributed by atoms with Crippen LogP contribution in [0.25, 0.3) is 0 Å². The zero-order chi connectivity index (χ0) is 16.5. The summed E-state index contributed by atoms with van der Waals surface area (Å²) in [5.41, 5.74) is 0. The zero-order valence-electron chi connectivity index (χ0n) is 12.3. The first-order valence-corrected chi connectivity index (χ1v) is 8.38. The van der Waals surface area contributed by atoms with Gasteiger partial charge in [0.15, 0.2) is 0 Å². The summed E-state index contributed by atoms with van der Waals surface area (Å²) in [5, 5.41) is 0. The Hall–Kier alpha value is -0.920. The van der Waals surface area contributed by atoms with E-state index in [0.29, 0.717) is 25.3 Å². The minimum atomic E-state index is -4.26. The molecule has 0 spiro atoms. The summed E-state index contributed by atoms with van der Waals surface area (Å²) in [4.78, 5) is 52.9. The van der Waals surface area contributed by atoms with E-state index in [9.17, 15) is 18.9 Å². The number of aldehydes is 3. The third-order valence-corrected chi connectivity index (χ3v) is 3.95. The topological polar surface area (TPSA) is 115 Å². The lowest BCUT2D eigenvalue weighted by molar-refractivity contribution is -0.112. The largest absolute Gasteiger partial charge is 0.339 e. The van der Waals surface area contributed by atoms with E-state index in [4.69, 9.17) is 9.79 Å². The Kier molecular flexibility index (Phi) is 9.48. The van der Waals surface area contributed by atoms with Crippen LogP contribution in [0.5, 0.6) is 0 Å².